The van der Waals surface area contributed by atoms with Gasteiger partial charge in [0.1, 0.15) is 0 Å². The average molecular weight is 429 g/mol. The summed E-state index contributed by atoms with van der Waals surface area (Å²) in [5, 5.41) is 7.42. The molecule has 3 aromatic heterocycles. The Kier molecular flexibility index (Phi) is 6.11. The zero-order valence-electron chi connectivity index (χ0n) is 15.5. The van der Waals surface area contributed by atoms with Crippen LogP contribution in [0.1, 0.15) is 29.7 Å². The number of nitrogens with one attached hydrogen (secondary N) is 2. The van der Waals surface area contributed by atoms with Crippen LogP contribution >= 0.6 is 0 Å². The molecule has 0 amide bonds. The Bertz CT molecular complexity index is 1180. The summed E-state index contributed by atoms with van der Waals surface area (Å²) in [5.74, 6) is -0.833. The first-order valence-corrected chi connectivity index (χ1v) is 8.77. The predicted molar refractivity (Wildman–Crippen MR) is 112 cm³/mol. The molecule has 2 aliphatic rings. The van der Waals surface area contributed by atoms with Crippen molar-refractivity contribution < 1.29 is 26.7 Å². The van der Waals surface area contributed by atoms with E-state index in [0.717, 1.165) is 51.8 Å². The molecule has 8 bridgehead atoms. The topological polar surface area (TPSA) is 94.7 Å². The van der Waals surface area contributed by atoms with Gasteiger partial charge in [0.15, 0.2) is 0 Å². The molecule has 6 nitrogen and oxygen atoms in total. The maximum absolute atomic E-state index is 9.00. The van der Waals surface area contributed by atoms with E-state index in [9.17, 15) is 0 Å². The third-order valence-corrected chi connectivity index (χ3v) is 4.04. The average Bonchev–Trinajstić information content (AvgIpc) is 3.39. The minimum Gasteiger partial charge on any atom is -0.481 e. The van der Waals surface area contributed by atoms with Crippen molar-refractivity contribution in [2.24, 2.45) is 0 Å². The number of nitrogens with zero attached hydrogens (tertiary/aromatic N) is 2. The van der Waals surface area contributed by atoms with Crippen molar-refractivity contribution in [3.8, 4) is 0 Å². The number of H-pyrrole nitrogens is 2. The molecule has 3 aromatic rings. The minimum atomic E-state index is -0.833. The van der Waals surface area contributed by atoms with Gasteiger partial charge in [-0.3, -0.25) is 4.79 Å². The number of rotatable bonds is 0. The smallest absolute Gasteiger partial charge is 0.300 e. The van der Waals surface area contributed by atoms with Crippen LogP contribution in [0.15, 0.2) is 48.5 Å². The van der Waals surface area contributed by atoms with Gasteiger partial charge < -0.3 is 15.1 Å². The third-order valence-electron chi connectivity index (χ3n) is 4.04. The molecule has 0 saturated heterocycles. The van der Waals surface area contributed by atoms with Gasteiger partial charge in [-0.25, -0.2) is 9.97 Å². The molecule has 0 aromatic carbocycles. The molecule has 1 radical (unpaired) electrons. The number of aliphatic carboxylic acids is 1. The summed E-state index contributed by atoms with van der Waals surface area (Å²) in [5.41, 5.74) is 7.86. The van der Waals surface area contributed by atoms with E-state index in [1.807, 2.05) is 42.5 Å². The Balaban J connectivity index is 0.000000443. The van der Waals surface area contributed by atoms with Crippen LogP contribution in [0, 0.1) is 0 Å². The zero-order chi connectivity index (χ0) is 19.5. The van der Waals surface area contributed by atoms with Crippen molar-refractivity contribution >= 4 is 52.3 Å². The molecule has 0 unspecified atom stereocenters. The van der Waals surface area contributed by atoms with Gasteiger partial charge >= 0.3 is 0 Å². The van der Waals surface area contributed by atoms with E-state index in [-0.39, 0.29) is 16.8 Å². The van der Waals surface area contributed by atoms with Gasteiger partial charge in [-0.15, -0.1) is 0 Å². The molecular formula is C22H18CoN4O2. The fourth-order valence-corrected chi connectivity index (χ4v) is 2.94. The van der Waals surface area contributed by atoms with Crippen LogP contribution in [0.5, 0.6) is 0 Å². The van der Waals surface area contributed by atoms with Crippen LogP contribution in [-0.4, -0.2) is 31.0 Å². The Morgan fingerprint density at radius 1 is 0.690 bits per heavy atom. The molecule has 2 aliphatic heterocycles. The standard InChI is InChI=1S/C20H14N4.C2H4O2.Co/c1-2-14-10-16-5-6-18(23-16)12-20-8-7-19(24-20)11-17-4-3-15(22-17)9-13(1)21-14;1-2(3)4;/h1-12,21-22H;1H3,(H,3,4);. The molecule has 0 atom stereocenters. The monoisotopic (exact) mass is 429 g/mol. The molecule has 3 N–H and O–H groups in total. The SMILES string of the molecule is C1=Cc2cc3ccc(cc4ccc(cc5nc(cc1n2)C=C5)[nH]4)[nH]3.CC(=O)O.[Co]. The van der Waals surface area contributed by atoms with E-state index in [0.29, 0.717) is 0 Å². The van der Waals surface area contributed by atoms with E-state index < -0.39 is 5.97 Å². The van der Waals surface area contributed by atoms with Gasteiger partial charge in [-0.2, -0.15) is 0 Å². The van der Waals surface area contributed by atoms with Gasteiger partial charge in [-0.05, 0) is 72.8 Å². The molecular weight excluding hydrogens is 411 g/mol. The van der Waals surface area contributed by atoms with Crippen molar-refractivity contribution in [3.05, 3.63) is 71.3 Å². The fourth-order valence-electron chi connectivity index (χ4n) is 2.94. The number of carboxylic acid groups (broad SMARTS) is 1. The Morgan fingerprint density at radius 2 is 1.00 bits per heavy atom. The van der Waals surface area contributed by atoms with Crippen molar-refractivity contribution in [2.75, 3.05) is 0 Å². The Labute approximate surface area is 177 Å². The molecule has 5 rings (SSSR count). The van der Waals surface area contributed by atoms with Crippen LogP contribution in [0.4, 0.5) is 0 Å². The molecule has 0 aliphatic carbocycles. The normalized spacial score (nSPS) is 11.3. The van der Waals surface area contributed by atoms with E-state index in [2.05, 4.69) is 50.3 Å². The van der Waals surface area contributed by atoms with E-state index in [4.69, 9.17) is 9.90 Å². The molecule has 0 fully saturated rings. The summed E-state index contributed by atoms with van der Waals surface area (Å²) >= 11 is 0. The van der Waals surface area contributed by atoms with Gasteiger partial charge in [0.25, 0.3) is 5.97 Å². The first kappa shape index (κ1) is 20.3. The van der Waals surface area contributed by atoms with Crippen LogP contribution in [0.25, 0.3) is 46.4 Å². The number of fused-ring (bicyclic) bond motifs is 8. The second kappa shape index (κ2) is 8.72. The number of carboxylic acids is 1. The van der Waals surface area contributed by atoms with Gasteiger partial charge in [0, 0.05) is 45.8 Å². The second-order valence-electron chi connectivity index (χ2n) is 6.42. The van der Waals surface area contributed by atoms with E-state index >= 15 is 0 Å². The van der Waals surface area contributed by atoms with E-state index in [1.165, 1.54) is 0 Å². The third kappa shape index (κ3) is 5.31. The summed E-state index contributed by atoms with van der Waals surface area (Å²) in [6, 6.07) is 16.4. The van der Waals surface area contributed by atoms with Crippen LogP contribution < -0.4 is 0 Å². The molecule has 0 spiro atoms. The Morgan fingerprint density at radius 3 is 1.38 bits per heavy atom. The number of hydrogen-bond donors (Lipinski definition) is 3. The zero-order valence-corrected chi connectivity index (χ0v) is 16.6. The summed E-state index contributed by atoms with van der Waals surface area (Å²) in [6.45, 7) is 1.08. The number of hydrogen-bond acceptors (Lipinski definition) is 3. The van der Waals surface area contributed by atoms with Gasteiger partial charge in [0.2, 0.25) is 0 Å². The van der Waals surface area contributed by atoms with Crippen molar-refractivity contribution in [1.82, 2.24) is 19.9 Å². The van der Waals surface area contributed by atoms with Gasteiger partial charge in [-0.1, -0.05) is 0 Å². The molecule has 29 heavy (non-hydrogen) atoms. The van der Waals surface area contributed by atoms with Gasteiger partial charge in [0.05, 0.1) is 22.8 Å². The van der Waals surface area contributed by atoms with Crippen LogP contribution in [0.2, 0.25) is 0 Å². The van der Waals surface area contributed by atoms with Crippen LogP contribution in [-0.2, 0) is 21.6 Å². The first-order valence-electron chi connectivity index (χ1n) is 8.77. The Hall–Kier alpha value is -3.42. The summed E-state index contributed by atoms with van der Waals surface area (Å²) < 4.78 is 0. The largest absolute Gasteiger partial charge is 0.481 e. The quantitative estimate of drug-likeness (QED) is 0.331. The maximum Gasteiger partial charge on any atom is 0.300 e. The summed E-state index contributed by atoms with van der Waals surface area (Å²) in [7, 11) is 0. The first-order chi connectivity index (χ1) is 13.5. The van der Waals surface area contributed by atoms with Crippen molar-refractivity contribution in [3.63, 3.8) is 0 Å². The van der Waals surface area contributed by atoms with Crippen molar-refractivity contribution in [2.45, 2.75) is 6.92 Å². The summed E-state index contributed by atoms with van der Waals surface area (Å²) in [4.78, 5) is 25.0. The van der Waals surface area contributed by atoms with E-state index in [1.54, 1.807) is 0 Å². The predicted octanol–water partition coefficient (Wildman–Crippen LogP) is 4.74. The fraction of sp³-hybridized carbons (Fsp3) is 0.0455. The number of aromatic amines is 2. The summed E-state index contributed by atoms with van der Waals surface area (Å²) in [6.07, 6.45) is 8.05. The number of carbonyl (C=O) groups is 1. The molecule has 0 saturated carbocycles. The number of aromatic nitrogens is 4. The minimum absolute atomic E-state index is 0. The molecule has 147 valence electrons. The molecule has 7 heteroatoms. The van der Waals surface area contributed by atoms with Crippen LogP contribution in [0.3, 0.4) is 0 Å². The maximum atomic E-state index is 9.00. The van der Waals surface area contributed by atoms with Crippen molar-refractivity contribution in [1.29, 1.82) is 0 Å². The second-order valence-corrected chi connectivity index (χ2v) is 6.42. The molecule has 5 heterocycles.